The predicted molar refractivity (Wildman–Crippen MR) is 137 cm³/mol. The Labute approximate surface area is 210 Å². The molecule has 1 amide bonds. The predicted octanol–water partition coefficient (Wildman–Crippen LogP) is 3.71. The van der Waals surface area contributed by atoms with Gasteiger partial charge in [0, 0.05) is 50.4 Å². The van der Waals surface area contributed by atoms with Crippen molar-refractivity contribution in [2.75, 3.05) is 56.1 Å². The largest absolute Gasteiger partial charge is 0.450 e. The number of carbonyl (C=O) groups is 2. The molecule has 2 N–H and O–H groups in total. The molecule has 0 spiro atoms. The maximum Gasteiger partial charge on any atom is 0.409 e. The summed E-state index contributed by atoms with van der Waals surface area (Å²) in [5.74, 6) is 0.355. The van der Waals surface area contributed by atoms with Crippen molar-refractivity contribution in [3.63, 3.8) is 0 Å². The number of carbonyl (C=O) groups excluding carboxylic acids is 2. The van der Waals surface area contributed by atoms with Crippen LogP contribution in [0, 0.1) is 5.82 Å². The van der Waals surface area contributed by atoms with Gasteiger partial charge in [-0.05, 0) is 49.2 Å². The van der Waals surface area contributed by atoms with E-state index in [1.807, 2.05) is 29.2 Å². The third-order valence-corrected chi connectivity index (χ3v) is 5.94. The van der Waals surface area contributed by atoms with Crippen molar-refractivity contribution in [3.8, 4) is 0 Å². The Bertz CT molecular complexity index is 1060. The molecule has 0 radical (unpaired) electrons. The molecule has 35 heavy (non-hydrogen) atoms. The Balaban J connectivity index is 0.00000342. The van der Waals surface area contributed by atoms with E-state index in [2.05, 4.69) is 15.6 Å². The first-order valence-electron chi connectivity index (χ1n) is 11.7. The number of ketones is 1. The molecule has 10 heteroatoms. The number of anilines is 2. The zero-order chi connectivity index (χ0) is 23.9. The van der Waals surface area contributed by atoms with E-state index in [4.69, 9.17) is 4.74 Å². The van der Waals surface area contributed by atoms with E-state index >= 15 is 0 Å². The van der Waals surface area contributed by atoms with Crippen molar-refractivity contribution >= 4 is 41.6 Å². The number of nitrogens with one attached hydrogen (secondary N) is 2. The maximum atomic E-state index is 14.1. The van der Waals surface area contributed by atoms with Gasteiger partial charge in [0.25, 0.3) is 0 Å². The Morgan fingerprint density at radius 1 is 1.11 bits per heavy atom. The Morgan fingerprint density at radius 2 is 1.86 bits per heavy atom. The van der Waals surface area contributed by atoms with Crippen LogP contribution < -0.4 is 15.5 Å². The van der Waals surface area contributed by atoms with E-state index in [1.165, 1.54) is 12.1 Å². The molecule has 1 fully saturated rings. The Hall–Kier alpha value is -3.33. The quantitative estimate of drug-likeness (QED) is 0.560. The van der Waals surface area contributed by atoms with Crippen LogP contribution in [-0.2, 0) is 11.2 Å². The SMILES string of the molecule is CCOC(=O)N1CCN(c2cc(F)ccc2C(=O)CCc2ccc(NC3=NCCN3)cc2)CC1.Cl. The van der Waals surface area contributed by atoms with Gasteiger partial charge in [0.1, 0.15) is 5.82 Å². The highest BCUT2D eigenvalue weighted by molar-refractivity contribution is 6.01. The molecule has 0 aromatic heterocycles. The molecule has 2 aromatic rings. The normalized spacial score (nSPS) is 15.1. The molecule has 2 aliphatic heterocycles. The molecule has 2 heterocycles. The van der Waals surface area contributed by atoms with Crippen molar-refractivity contribution in [1.82, 2.24) is 10.2 Å². The molecule has 188 valence electrons. The summed E-state index contributed by atoms with van der Waals surface area (Å²) in [4.78, 5) is 32.9. The number of Topliss-reactive ketones (excluding diaryl/α,β-unsaturated/α-hetero) is 1. The molecule has 0 unspecified atom stereocenters. The van der Waals surface area contributed by atoms with Gasteiger partial charge in [0.05, 0.1) is 18.8 Å². The minimum absolute atomic E-state index is 0. The summed E-state index contributed by atoms with van der Waals surface area (Å²) < 4.78 is 19.1. The standard InChI is InChI=1S/C25H30FN5O3.ClH/c1-2-34-25(33)31-15-13-30(14-16-31)22-17-19(26)6-9-21(22)23(32)10-5-18-3-7-20(8-4-18)29-24-27-11-12-28-24;/h3-4,6-9,17H,2,5,10-16H2,1H3,(H2,27,28,29);1H. The average molecular weight is 504 g/mol. The van der Waals surface area contributed by atoms with E-state index < -0.39 is 0 Å². The van der Waals surface area contributed by atoms with Crippen molar-refractivity contribution in [1.29, 1.82) is 0 Å². The lowest BCUT2D eigenvalue weighted by Crippen LogP contribution is -2.49. The van der Waals surface area contributed by atoms with Crippen LogP contribution in [0.1, 0.15) is 29.3 Å². The first-order chi connectivity index (χ1) is 16.5. The topological polar surface area (TPSA) is 86.3 Å². The number of hydrogen-bond donors (Lipinski definition) is 2. The Morgan fingerprint density at radius 3 is 2.51 bits per heavy atom. The lowest BCUT2D eigenvalue weighted by Gasteiger charge is -2.36. The van der Waals surface area contributed by atoms with Crippen molar-refractivity contribution in [2.45, 2.75) is 19.8 Å². The van der Waals surface area contributed by atoms with Gasteiger partial charge in [0.15, 0.2) is 11.7 Å². The number of amides is 1. The van der Waals surface area contributed by atoms with Gasteiger partial charge in [-0.2, -0.15) is 0 Å². The lowest BCUT2D eigenvalue weighted by atomic mass is 10.00. The van der Waals surface area contributed by atoms with E-state index in [1.54, 1.807) is 17.9 Å². The van der Waals surface area contributed by atoms with Gasteiger partial charge < -0.3 is 25.2 Å². The van der Waals surface area contributed by atoms with Crippen LogP contribution in [0.4, 0.5) is 20.6 Å². The van der Waals surface area contributed by atoms with Crippen LogP contribution in [-0.4, -0.2) is 68.6 Å². The second-order valence-corrected chi connectivity index (χ2v) is 8.24. The molecular weight excluding hydrogens is 473 g/mol. The lowest BCUT2D eigenvalue weighted by molar-refractivity contribution is 0.0979. The number of benzene rings is 2. The summed E-state index contributed by atoms with van der Waals surface area (Å²) >= 11 is 0. The highest BCUT2D eigenvalue weighted by atomic mass is 35.5. The molecule has 1 saturated heterocycles. The molecule has 4 rings (SSSR count). The van der Waals surface area contributed by atoms with Gasteiger partial charge in [-0.15, -0.1) is 12.4 Å². The summed E-state index contributed by atoms with van der Waals surface area (Å²) in [5, 5.41) is 6.39. The summed E-state index contributed by atoms with van der Waals surface area (Å²) in [6.07, 6.45) is 0.570. The number of ether oxygens (including phenoxy) is 1. The number of piperazine rings is 1. The summed E-state index contributed by atoms with van der Waals surface area (Å²) in [6.45, 7) is 5.66. The molecular formula is C25H31ClFN5O3. The van der Waals surface area contributed by atoms with Crippen LogP contribution in [0.15, 0.2) is 47.5 Å². The molecule has 2 aliphatic rings. The molecule has 8 nitrogen and oxygen atoms in total. The van der Waals surface area contributed by atoms with Crippen molar-refractivity contribution in [2.24, 2.45) is 4.99 Å². The van der Waals surface area contributed by atoms with Crippen LogP contribution in [0.2, 0.25) is 0 Å². The summed E-state index contributed by atoms with van der Waals surface area (Å²) in [7, 11) is 0. The van der Waals surface area contributed by atoms with Gasteiger partial charge >= 0.3 is 6.09 Å². The fourth-order valence-electron chi connectivity index (χ4n) is 4.11. The number of halogens is 2. The van der Waals surface area contributed by atoms with Gasteiger partial charge in [-0.25, -0.2) is 9.18 Å². The average Bonchev–Trinajstić information content (AvgIpc) is 3.37. The molecule has 0 aliphatic carbocycles. The first-order valence-corrected chi connectivity index (χ1v) is 11.7. The number of aryl methyl sites for hydroxylation is 1. The van der Waals surface area contributed by atoms with Crippen molar-refractivity contribution in [3.05, 3.63) is 59.4 Å². The second kappa shape index (κ2) is 12.4. The zero-order valence-corrected chi connectivity index (χ0v) is 20.6. The van der Waals surface area contributed by atoms with E-state index in [-0.39, 0.29) is 30.1 Å². The number of hydrogen-bond acceptors (Lipinski definition) is 7. The monoisotopic (exact) mass is 503 g/mol. The highest BCUT2D eigenvalue weighted by Crippen LogP contribution is 2.25. The van der Waals surface area contributed by atoms with Crippen LogP contribution >= 0.6 is 12.4 Å². The van der Waals surface area contributed by atoms with Gasteiger partial charge in [-0.3, -0.25) is 9.79 Å². The fourth-order valence-corrected chi connectivity index (χ4v) is 4.11. The van der Waals surface area contributed by atoms with Crippen LogP contribution in [0.25, 0.3) is 0 Å². The molecule has 0 saturated carbocycles. The number of nitrogens with zero attached hydrogens (tertiary/aromatic N) is 3. The maximum absolute atomic E-state index is 14.1. The minimum atomic E-state index is -0.385. The third kappa shape index (κ3) is 6.85. The zero-order valence-electron chi connectivity index (χ0n) is 19.8. The van der Waals surface area contributed by atoms with E-state index in [0.29, 0.717) is 56.9 Å². The minimum Gasteiger partial charge on any atom is -0.450 e. The third-order valence-electron chi connectivity index (χ3n) is 5.94. The second-order valence-electron chi connectivity index (χ2n) is 8.24. The fraction of sp³-hybridized carbons (Fsp3) is 0.400. The molecule has 0 atom stereocenters. The number of guanidine groups is 1. The number of rotatable bonds is 7. The van der Waals surface area contributed by atoms with Gasteiger partial charge in [-0.1, -0.05) is 12.1 Å². The highest BCUT2D eigenvalue weighted by Gasteiger charge is 2.25. The Kier molecular flexibility index (Phi) is 9.31. The van der Waals surface area contributed by atoms with E-state index in [0.717, 1.165) is 30.3 Å². The molecule has 2 aromatic carbocycles. The van der Waals surface area contributed by atoms with Crippen LogP contribution in [0.5, 0.6) is 0 Å². The number of aliphatic imine (C=N–C) groups is 1. The van der Waals surface area contributed by atoms with Crippen LogP contribution in [0.3, 0.4) is 0 Å². The van der Waals surface area contributed by atoms with E-state index in [9.17, 15) is 14.0 Å². The smallest absolute Gasteiger partial charge is 0.409 e. The van der Waals surface area contributed by atoms with Crippen molar-refractivity contribution < 1.29 is 18.7 Å². The molecule has 0 bridgehead atoms. The summed E-state index contributed by atoms with van der Waals surface area (Å²) in [6, 6.07) is 12.2. The first kappa shape index (κ1) is 26.3. The summed E-state index contributed by atoms with van der Waals surface area (Å²) in [5.41, 5.74) is 3.07. The van der Waals surface area contributed by atoms with Gasteiger partial charge in [0.2, 0.25) is 0 Å².